The van der Waals surface area contributed by atoms with Crippen LogP contribution in [0.4, 0.5) is 20.3 Å². The Bertz CT molecular complexity index is 1120. The molecule has 8 nitrogen and oxygen atoms in total. The second-order valence-electron chi connectivity index (χ2n) is 7.09. The highest BCUT2D eigenvalue weighted by atomic mass is 35.5. The monoisotopic (exact) mass is 433 g/mol. The minimum absolute atomic E-state index is 0.0860. The lowest BCUT2D eigenvalue weighted by Crippen LogP contribution is -2.28. The van der Waals surface area contributed by atoms with Gasteiger partial charge in [0, 0.05) is 35.9 Å². The van der Waals surface area contributed by atoms with E-state index in [-0.39, 0.29) is 23.5 Å². The summed E-state index contributed by atoms with van der Waals surface area (Å²) in [5.41, 5.74) is -3.39. The number of aromatic nitrogens is 3. The number of carbonyl (C=O) groups is 1. The zero-order valence-electron chi connectivity index (χ0n) is 15.2. The average Bonchev–Trinajstić information content (AvgIpc) is 3.07. The first-order valence-corrected chi connectivity index (χ1v) is 9.43. The van der Waals surface area contributed by atoms with Gasteiger partial charge >= 0.3 is 5.57 Å². The first-order chi connectivity index (χ1) is 14.3. The molecule has 2 aromatic heterocycles. The highest BCUT2D eigenvalue weighted by Gasteiger charge is 2.68. The van der Waals surface area contributed by atoms with E-state index in [1.165, 1.54) is 24.3 Å². The van der Waals surface area contributed by atoms with E-state index < -0.39 is 11.0 Å². The van der Waals surface area contributed by atoms with Crippen molar-refractivity contribution in [1.29, 1.82) is 0 Å². The van der Waals surface area contributed by atoms with Gasteiger partial charge in [0.1, 0.15) is 17.0 Å². The molecule has 1 aliphatic carbocycles. The SMILES string of the molecule is O=C1NCC2CC12c1nnc(-c2cccnc2Nc2ccc(OC(F)(F)Cl)cc2)o1. The fourth-order valence-corrected chi connectivity index (χ4v) is 3.74. The molecule has 154 valence electrons. The van der Waals surface area contributed by atoms with Crippen molar-refractivity contribution in [3.05, 3.63) is 48.5 Å². The number of halogens is 3. The standard InChI is InChI=1S/C19H14ClF2N5O3/c20-19(21,22)30-12-5-3-11(4-6-12)25-14-13(2-1-7-23-14)15-26-27-17(29-15)18-8-10(18)9-24-16(18)28/h1-7,10H,8-9H2,(H,23,25)(H,24,28). The van der Waals surface area contributed by atoms with E-state index in [2.05, 4.69) is 30.6 Å². The molecule has 0 spiro atoms. The third kappa shape index (κ3) is 3.22. The van der Waals surface area contributed by atoms with Crippen molar-refractivity contribution in [3.8, 4) is 17.2 Å². The summed E-state index contributed by atoms with van der Waals surface area (Å²) in [7, 11) is 0. The van der Waals surface area contributed by atoms with E-state index in [1.54, 1.807) is 18.3 Å². The summed E-state index contributed by atoms with van der Waals surface area (Å²) in [5, 5.41) is 14.1. The van der Waals surface area contributed by atoms with E-state index in [0.29, 0.717) is 35.9 Å². The van der Waals surface area contributed by atoms with E-state index in [1.807, 2.05) is 0 Å². The summed E-state index contributed by atoms with van der Waals surface area (Å²) in [6.07, 6.45) is 2.28. The number of nitrogens with one attached hydrogen (secondary N) is 2. The smallest absolute Gasteiger partial charge is 0.420 e. The Morgan fingerprint density at radius 2 is 2.07 bits per heavy atom. The van der Waals surface area contributed by atoms with Crippen LogP contribution in [0.25, 0.3) is 11.5 Å². The molecule has 1 aliphatic heterocycles. The number of hydrogen-bond donors (Lipinski definition) is 2. The highest BCUT2D eigenvalue weighted by Crippen LogP contribution is 2.56. The molecule has 1 aromatic carbocycles. The third-order valence-electron chi connectivity index (χ3n) is 5.21. The molecule has 2 fully saturated rings. The molecule has 2 unspecified atom stereocenters. The van der Waals surface area contributed by atoms with Gasteiger partial charge in [-0.1, -0.05) is 0 Å². The Balaban J connectivity index is 1.39. The van der Waals surface area contributed by atoms with Crippen molar-refractivity contribution < 1.29 is 22.7 Å². The zero-order chi connectivity index (χ0) is 20.9. The number of anilines is 2. The van der Waals surface area contributed by atoms with Crippen molar-refractivity contribution in [1.82, 2.24) is 20.5 Å². The number of ether oxygens (including phenoxy) is 1. The van der Waals surface area contributed by atoms with Crippen LogP contribution >= 0.6 is 11.6 Å². The Morgan fingerprint density at radius 3 is 2.73 bits per heavy atom. The predicted molar refractivity (Wildman–Crippen MR) is 101 cm³/mol. The molecule has 30 heavy (non-hydrogen) atoms. The minimum atomic E-state index is -3.78. The van der Waals surface area contributed by atoms with Crippen molar-refractivity contribution in [2.24, 2.45) is 5.92 Å². The average molecular weight is 434 g/mol. The number of nitrogens with zero attached hydrogens (tertiary/aromatic N) is 3. The van der Waals surface area contributed by atoms with Crippen LogP contribution in [0.1, 0.15) is 12.3 Å². The van der Waals surface area contributed by atoms with Crippen LogP contribution in [0.3, 0.4) is 0 Å². The van der Waals surface area contributed by atoms with Crippen molar-refractivity contribution in [3.63, 3.8) is 0 Å². The molecular formula is C19H14ClF2N5O3. The van der Waals surface area contributed by atoms with Gasteiger partial charge in [0.2, 0.25) is 11.8 Å². The number of piperidine rings is 1. The molecule has 0 radical (unpaired) electrons. The van der Waals surface area contributed by atoms with Crippen LogP contribution in [0, 0.1) is 5.92 Å². The zero-order valence-corrected chi connectivity index (χ0v) is 16.0. The molecule has 1 saturated heterocycles. The van der Waals surface area contributed by atoms with Crippen LogP contribution in [0.5, 0.6) is 5.75 Å². The van der Waals surface area contributed by atoms with Crippen molar-refractivity contribution in [2.45, 2.75) is 17.4 Å². The lowest BCUT2D eigenvalue weighted by atomic mass is 10.1. The molecule has 1 saturated carbocycles. The Labute approximate surface area is 173 Å². The molecule has 3 heterocycles. The fraction of sp³-hybridized carbons (Fsp3) is 0.263. The Kier molecular flexibility index (Phi) is 4.14. The van der Waals surface area contributed by atoms with E-state index in [0.717, 1.165) is 0 Å². The maximum absolute atomic E-state index is 12.7. The molecule has 5 rings (SSSR count). The summed E-state index contributed by atoms with van der Waals surface area (Å²) in [6.45, 7) is 0.617. The van der Waals surface area contributed by atoms with Crippen molar-refractivity contribution in [2.75, 3.05) is 11.9 Å². The summed E-state index contributed by atoms with van der Waals surface area (Å²) >= 11 is 4.77. The lowest BCUT2D eigenvalue weighted by molar-refractivity contribution is -0.122. The van der Waals surface area contributed by atoms with Gasteiger partial charge in [0.15, 0.2) is 0 Å². The molecular weight excluding hydrogens is 420 g/mol. The first kappa shape index (κ1) is 18.7. The summed E-state index contributed by atoms with van der Waals surface area (Å²) in [6, 6.07) is 9.21. The van der Waals surface area contributed by atoms with Crippen LogP contribution < -0.4 is 15.4 Å². The Morgan fingerprint density at radius 1 is 1.27 bits per heavy atom. The topological polar surface area (TPSA) is 102 Å². The summed E-state index contributed by atoms with van der Waals surface area (Å²) in [5.74, 6) is 0.960. The number of carbonyl (C=O) groups excluding carboxylic acids is 1. The van der Waals surface area contributed by atoms with Gasteiger partial charge in [-0.25, -0.2) is 4.98 Å². The van der Waals surface area contributed by atoms with Gasteiger partial charge in [-0.3, -0.25) is 4.79 Å². The Hall–Kier alpha value is -3.27. The highest BCUT2D eigenvalue weighted by molar-refractivity contribution is 6.20. The molecule has 3 aromatic rings. The number of fused-ring (bicyclic) bond motifs is 1. The normalized spacial score (nSPS) is 22.4. The number of benzene rings is 1. The fourth-order valence-electron chi connectivity index (χ4n) is 3.65. The summed E-state index contributed by atoms with van der Waals surface area (Å²) in [4.78, 5) is 16.5. The van der Waals surface area contributed by atoms with Gasteiger partial charge in [0.25, 0.3) is 5.89 Å². The van der Waals surface area contributed by atoms with E-state index >= 15 is 0 Å². The maximum atomic E-state index is 12.7. The predicted octanol–water partition coefficient (Wildman–Crippen LogP) is 3.43. The molecule has 2 N–H and O–H groups in total. The van der Waals surface area contributed by atoms with Crippen LogP contribution in [-0.2, 0) is 10.2 Å². The van der Waals surface area contributed by atoms with Crippen LogP contribution in [-0.4, -0.2) is 33.2 Å². The van der Waals surface area contributed by atoms with E-state index in [9.17, 15) is 13.6 Å². The molecule has 1 amide bonds. The quantitative estimate of drug-likeness (QED) is 0.574. The third-order valence-corrected chi connectivity index (χ3v) is 5.29. The second kappa shape index (κ2) is 6.63. The maximum Gasteiger partial charge on any atom is 0.487 e. The van der Waals surface area contributed by atoms with Gasteiger partial charge in [-0.2, -0.15) is 0 Å². The largest absolute Gasteiger partial charge is 0.487 e. The number of alkyl halides is 3. The summed E-state index contributed by atoms with van der Waals surface area (Å²) < 4.78 is 35.6. The number of hydrogen-bond acceptors (Lipinski definition) is 7. The van der Waals surface area contributed by atoms with E-state index in [4.69, 9.17) is 16.0 Å². The molecule has 11 heteroatoms. The lowest BCUT2D eigenvalue weighted by Gasteiger charge is -2.12. The number of rotatable bonds is 6. The van der Waals surface area contributed by atoms with Crippen LogP contribution in [0.2, 0.25) is 0 Å². The molecule has 0 bridgehead atoms. The van der Waals surface area contributed by atoms with Crippen molar-refractivity contribution >= 4 is 29.0 Å². The molecule has 2 atom stereocenters. The second-order valence-corrected chi connectivity index (χ2v) is 7.53. The van der Waals surface area contributed by atoms with Gasteiger partial charge in [-0.05, 0) is 42.8 Å². The first-order valence-electron chi connectivity index (χ1n) is 9.06. The van der Waals surface area contributed by atoms with Crippen LogP contribution in [0.15, 0.2) is 47.0 Å². The number of amides is 1. The van der Waals surface area contributed by atoms with Gasteiger partial charge in [-0.15, -0.1) is 19.0 Å². The number of pyridine rings is 1. The van der Waals surface area contributed by atoms with Gasteiger partial charge in [0.05, 0.1) is 5.56 Å². The minimum Gasteiger partial charge on any atom is -0.420 e. The molecule has 2 aliphatic rings. The van der Waals surface area contributed by atoms with Gasteiger partial charge < -0.3 is 19.8 Å².